The summed E-state index contributed by atoms with van der Waals surface area (Å²) in [6, 6.07) is -0.0816. The minimum absolute atomic E-state index is 0.0816. The average molecular weight is 211 g/mol. The van der Waals surface area contributed by atoms with Gasteiger partial charge in [-0.3, -0.25) is 9.89 Å². The molecule has 0 fully saturated rings. The van der Waals surface area contributed by atoms with Crippen LogP contribution in [0.25, 0.3) is 0 Å². The fourth-order valence-corrected chi connectivity index (χ4v) is 1.65. The lowest BCUT2D eigenvalue weighted by molar-refractivity contribution is 0.0399. The van der Waals surface area contributed by atoms with Crippen molar-refractivity contribution in [3.05, 3.63) is 11.8 Å². The molecule has 0 saturated carbocycles. The molecule has 1 aliphatic rings. The molecule has 0 radical (unpaired) electrons. The molecule has 1 heterocycles. The molecule has 1 aliphatic heterocycles. The van der Waals surface area contributed by atoms with Crippen molar-refractivity contribution in [3.63, 3.8) is 0 Å². The van der Waals surface area contributed by atoms with Gasteiger partial charge in [0.2, 0.25) is 0 Å². The first-order valence-corrected chi connectivity index (χ1v) is 5.20. The van der Waals surface area contributed by atoms with Crippen LogP contribution in [0.5, 0.6) is 0 Å². The number of hydrogen-bond acceptors (Lipinski definition) is 4. The number of hydrogen-bond donors (Lipinski definition) is 2. The molecule has 1 unspecified atom stereocenters. The highest BCUT2D eigenvalue weighted by molar-refractivity contribution is 5.97. The Kier molecular flexibility index (Phi) is 3.52. The van der Waals surface area contributed by atoms with E-state index in [0.29, 0.717) is 0 Å². The second-order valence-electron chi connectivity index (χ2n) is 4.88. The molecule has 4 nitrogen and oxygen atoms in total. The highest BCUT2D eigenvalue weighted by atomic mass is 16.3. The van der Waals surface area contributed by atoms with Crippen molar-refractivity contribution in [1.82, 2.24) is 4.90 Å². The van der Waals surface area contributed by atoms with Gasteiger partial charge in [-0.1, -0.05) is 0 Å². The summed E-state index contributed by atoms with van der Waals surface area (Å²) in [5, 5.41) is 9.93. The fourth-order valence-electron chi connectivity index (χ4n) is 1.65. The van der Waals surface area contributed by atoms with Crippen LogP contribution < -0.4 is 5.73 Å². The van der Waals surface area contributed by atoms with Crippen molar-refractivity contribution in [3.8, 4) is 0 Å². The Hall–Kier alpha value is -0.870. The second-order valence-corrected chi connectivity index (χ2v) is 4.88. The predicted octanol–water partition coefficient (Wildman–Crippen LogP) is 0.375. The number of aliphatic imine (C=N–C) groups is 1. The summed E-state index contributed by atoms with van der Waals surface area (Å²) >= 11 is 0. The molecule has 0 aliphatic carbocycles. The van der Waals surface area contributed by atoms with Crippen molar-refractivity contribution in [1.29, 1.82) is 0 Å². The summed E-state index contributed by atoms with van der Waals surface area (Å²) in [6.45, 7) is 7.00. The van der Waals surface area contributed by atoms with Gasteiger partial charge in [0, 0.05) is 18.8 Å². The Morgan fingerprint density at radius 2 is 2.27 bits per heavy atom. The van der Waals surface area contributed by atoms with Gasteiger partial charge in [-0.2, -0.15) is 0 Å². The summed E-state index contributed by atoms with van der Waals surface area (Å²) in [4.78, 5) is 6.66. The SMILES string of the molecule is CC(N)=CC1=NC(C(C)(C)O)CN(C)C1. The smallest absolute Gasteiger partial charge is 0.0911 e. The molecule has 86 valence electrons. The van der Waals surface area contributed by atoms with Crippen LogP contribution in [-0.4, -0.2) is 47.5 Å². The average Bonchev–Trinajstić information content (AvgIpc) is 1.99. The van der Waals surface area contributed by atoms with Gasteiger partial charge in [0.25, 0.3) is 0 Å². The highest BCUT2D eigenvalue weighted by Crippen LogP contribution is 2.17. The Bertz CT molecular complexity index is 285. The van der Waals surface area contributed by atoms with Crippen molar-refractivity contribution in [2.45, 2.75) is 32.4 Å². The van der Waals surface area contributed by atoms with Crippen LogP contribution in [0, 0.1) is 0 Å². The van der Waals surface area contributed by atoms with E-state index in [1.54, 1.807) is 13.8 Å². The van der Waals surface area contributed by atoms with Crippen LogP contribution in [0.15, 0.2) is 16.8 Å². The van der Waals surface area contributed by atoms with E-state index in [-0.39, 0.29) is 6.04 Å². The van der Waals surface area contributed by atoms with Crippen LogP contribution in [0.4, 0.5) is 0 Å². The van der Waals surface area contributed by atoms with Crippen molar-refractivity contribution in [2.75, 3.05) is 20.1 Å². The molecule has 0 spiro atoms. The van der Waals surface area contributed by atoms with Crippen LogP contribution in [-0.2, 0) is 0 Å². The number of likely N-dealkylation sites (N-methyl/N-ethyl adjacent to an activating group) is 1. The molecule has 0 bridgehead atoms. The lowest BCUT2D eigenvalue weighted by Gasteiger charge is -2.34. The Morgan fingerprint density at radius 3 is 2.73 bits per heavy atom. The predicted molar refractivity (Wildman–Crippen MR) is 63.0 cm³/mol. The van der Waals surface area contributed by atoms with Crippen molar-refractivity contribution < 1.29 is 5.11 Å². The molecule has 0 aromatic rings. The van der Waals surface area contributed by atoms with Gasteiger partial charge in [0.05, 0.1) is 17.4 Å². The summed E-state index contributed by atoms with van der Waals surface area (Å²) in [6.07, 6.45) is 1.87. The number of nitrogens with two attached hydrogens (primary N) is 1. The Balaban J connectivity index is 2.89. The van der Waals surface area contributed by atoms with Gasteiger partial charge in [0.1, 0.15) is 0 Å². The van der Waals surface area contributed by atoms with E-state index in [1.165, 1.54) is 0 Å². The van der Waals surface area contributed by atoms with Crippen molar-refractivity contribution >= 4 is 5.71 Å². The van der Waals surface area contributed by atoms with Crippen LogP contribution in [0.3, 0.4) is 0 Å². The largest absolute Gasteiger partial charge is 0.402 e. The summed E-state index contributed by atoms with van der Waals surface area (Å²) in [5.74, 6) is 0. The van der Waals surface area contributed by atoms with E-state index in [9.17, 15) is 5.11 Å². The van der Waals surface area contributed by atoms with Gasteiger partial charge in [-0.15, -0.1) is 0 Å². The molecule has 1 atom stereocenters. The maximum Gasteiger partial charge on any atom is 0.0911 e. The number of aliphatic hydroxyl groups is 1. The molecule has 4 heteroatoms. The first-order chi connectivity index (χ1) is 6.79. The Labute approximate surface area is 91.5 Å². The molecule has 0 amide bonds. The third kappa shape index (κ3) is 3.64. The molecule has 3 N–H and O–H groups in total. The molecule has 0 saturated heterocycles. The highest BCUT2D eigenvalue weighted by Gasteiger charge is 2.30. The minimum Gasteiger partial charge on any atom is -0.402 e. The third-order valence-electron chi connectivity index (χ3n) is 2.45. The summed E-state index contributed by atoms with van der Waals surface area (Å²) in [7, 11) is 2.02. The first-order valence-electron chi connectivity index (χ1n) is 5.20. The normalized spacial score (nSPS) is 25.3. The lowest BCUT2D eigenvalue weighted by Crippen LogP contribution is -2.47. The second kappa shape index (κ2) is 4.33. The first kappa shape index (κ1) is 12.2. The van der Waals surface area contributed by atoms with E-state index in [0.717, 1.165) is 24.5 Å². The third-order valence-corrected chi connectivity index (χ3v) is 2.45. The van der Waals surface area contributed by atoms with Gasteiger partial charge >= 0.3 is 0 Å². The quantitative estimate of drug-likeness (QED) is 0.694. The van der Waals surface area contributed by atoms with E-state index in [2.05, 4.69) is 9.89 Å². The number of rotatable bonds is 2. The molecule has 0 aromatic carbocycles. The lowest BCUT2D eigenvalue weighted by atomic mass is 9.97. The van der Waals surface area contributed by atoms with E-state index >= 15 is 0 Å². The molecular weight excluding hydrogens is 190 g/mol. The molecule has 0 aromatic heterocycles. The van der Waals surface area contributed by atoms with Crippen LogP contribution in [0.2, 0.25) is 0 Å². The van der Waals surface area contributed by atoms with Crippen LogP contribution >= 0.6 is 0 Å². The van der Waals surface area contributed by atoms with Crippen molar-refractivity contribution in [2.24, 2.45) is 10.7 Å². The zero-order chi connectivity index (χ0) is 11.6. The van der Waals surface area contributed by atoms with E-state index in [1.807, 2.05) is 20.0 Å². The van der Waals surface area contributed by atoms with Gasteiger partial charge < -0.3 is 10.8 Å². The number of nitrogens with zero attached hydrogens (tertiary/aromatic N) is 2. The van der Waals surface area contributed by atoms with Gasteiger partial charge in [-0.25, -0.2) is 0 Å². The molecular formula is C11H21N3O. The monoisotopic (exact) mass is 211 g/mol. The summed E-state index contributed by atoms with van der Waals surface area (Å²) in [5.41, 5.74) is 6.53. The number of allylic oxidation sites excluding steroid dienone is 1. The van der Waals surface area contributed by atoms with Gasteiger partial charge in [-0.05, 0) is 33.9 Å². The summed E-state index contributed by atoms with van der Waals surface area (Å²) < 4.78 is 0. The molecule has 1 rings (SSSR count). The van der Waals surface area contributed by atoms with Crippen LogP contribution in [0.1, 0.15) is 20.8 Å². The molecule has 15 heavy (non-hydrogen) atoms. The standard InChI is InChI=1S/C11H21N3O/c1-8(12)5-9-6-14(4)7-10(13-9)11(2,3)15/h5,10,15H,6-7,12H2,1-4H3. The van der Waals surface area contributed by atoms with E-state index < -0.39 is 5.60 Å². The zero-order valence-corrected chi connectivity index (χ0v) is 9.99. The minimum atomic E-state index is -0.781. The zero-order valence-electron chi connectivity index (χ0n) is 9.99. The van der Waals surface area contributed by atoms with E-state index in [4.69, 9.17) is 5.73 Å². The maximum atomic E-state index is 9.93. The maximum absolute atomic E-state index is 9.93. The Morgan fingerprint density at radius 1 is 1.67 bits per heavy atom. The fraction of sp³-hybridized carbons (Fsp3) is 0.727. The topological polar surface area (TPSA) is 61.9 Å². The van der Waals surface area contributed by atoms with Gasteiger partial charge in [0.15, 0.2) is 0 Å².